The Labute approximate surface area is 127 Å². The molecule has 0 amide bonds. The number of carbonyl (C=O) groups excluding carboxylic acids is 1. The van der Waals surface area contributed by atoms with E-state index in [9.17, 15) is 13.2 Å². The van der Waals surface area contributed by atoms with Crippen molar-refractivity contribution in [3.05, 3.63) is 42.0 Å². The zero-order valence-corrected chi connectivity index (χ0v) is 12.7. The Morgan fingerprint density at radius 1 is 1.36 bits per heavy atom. The summed E-state index contributed by atoms with van der Waals surface area (Å²) in [6.45, 7) is 0.133. The molecule has 2 aromatic heterocycles. The van der Waals surface area contributed by atoms with Crippen LogP contribution in [-0.4, -0.2) is 31.8 Å². The van der Waals surface area contributed by atoms with Gasteiger partial charge in [0.15, 0.2) is 0 Å². The van der Waals surface area contributed by atoms with Crippen LogP contribution >= 0.6 is 0 Å². The second-order valence-corrected chi connectivity index (χ2v) is 6.79. The van der Waals surface area contributed by atoms with Crippen LogP contribution in [0.2, 0.25) is 0 Å². The predicted molar refractivity (Wildman–Crippen MR) is 74.5 cm³/mol. The molecule has 3 rings (SSSR count). The lowest BCUT2D eigenvalue weighted by atomic mass is 10.4. The third-order valence-corrected chi connectivity index (χ3v) is 5.15. The number of methoxy groups -OCH3 is 1. The van der Waals surface area contributed by atoms with Gasteiger partial charge in [-0.15, -0.1) is 0 Å². The molecule has 1 aliphatic carbocycles. The predicted octanol–water partition coefficient (Wildman–Crippen LogP) is 2.01. The van der Waals surface area contributed by atoms with E-state index in [0.717, 1.165) is 12.8 Å². The number of esters is 1. The van der Waals surface area contributed by atoms with Gasteiger partial charge in [0.25, 0.3) is 10.0 Å². The number of ether oxygens (including phenoxy) is 1. The second-order valence-electron chi connectivity index (χ2n) is 4.97. The third kappa shape index (κ3) is 2.79. The first-order valence-electron chi connectivity index (χ1n) is 6.75. The number of furan rings is 2. The van der Waals surface area contributed by atoms with Crippen LogP contribution in [0.15, 0.2) is 44.5 Å². The van der Waals surface area contributed by atoms with E-state index in [1.807, 2.05) is 0 Å². The molecule has 7 nitrogen and oxygen atoms in total. The zero-order chi connectivity index (χ0) is 15.7. The molecule has 0 bridgehead atoms. The standard InChI is InChI=1S/C14H15NO6S/c1-19-14(16)12-6-7-13(21-12)22(17,18)15(10-4-5-10)9-11-3-2-8-20-11/h2-3,6-8,10H,4-5,9H2,1H3. The summed E-state index contributed by atoms with van der Waals surface area (Å²) in [6, 6.07) is 5.90. The second kappa shape index (κ2) is 5.62. The largest absolute Gasteiger partial charge is 0.468 e. The summed E-state index contributed by atoms with van der Waals surface area (Å²) in [7, 11) is -2.64. The first-order chi connectivity index (χ1) is 10.5. The number of nitrogens with zero attached hydrogens (tertiary/aromatic N) is 1. The van der Waals surface area contributed by atoms with Crippen LogP contribution in [-0.2, 0) is 21.3 Å². The third-order valence-electron chi connectivity index (χ3n) is 3.38. The summed E-state index contributed by atoms with van der Waals surface area (Å²) in [4.78, 5) is 11.4. The maximum Gasteiger partial charge on any atom is 0.374 e. The number of hydrogen-bond acceptors (Lipinski definition) is 6. The van der Waals surface area contributed by atoms with Crippen LogP contribution in [0.25, 0.3) is 0 Å². The number of hydrogen-bond donors (Lipinski definition) is 0. The Bertz CT molecular complexity index is 757. The van der Waals surface area contributed by atoms with E-state index in [4.69, 9.17) is 8.83 Å². The van der Waals surface area contributed by atoms with E-state index in [1.54, 1.807) is 12.1 Å². The Kier molecular flexibility index (Phi) is 3.79. The van der Waals surface area contributed by atoms with Crippen LogP contribution in [0.5, 0.6) is 0 Å². The van der Waals surface area contributed by atoms with Gasteiger partial charge in [-0.2, -0.15) is 4.31 Å². The number of sulfonamides is 1. The van der Waals surface area contributed by atoms with Crippen LogP contribution in [0, 0.1) is 0 Å². The van der Waals surface area contributed by atoms with Gasteiger partial charge in [-0.05, 0) is 37.1 Å². The number of rotatable bonds is 6. The molecule has 0 radical (unpaired) electrons. The molecule has 1 saturated carbocycles. The van der Waals surface area contributed by atoms with Crippen molar-refractivity contribution in [2.45, 2.75) is 30.5 Å². The Hall–Kier alpha value is -2.06. The highest BCUT2D eigenvalue weighted by Crippen LogP contribution is 2.34. The van der Waals surface area contributed by atoms with Gasteiger partial charge in [-0.3, -0.25) is 0 Å². The van der Waals surface area contributed by atoms with Gasteiger partial charge in [0.2, 0.25) is 10.9 Å². The van der Waals surface area contributed by atoms with Gasteiger partial charge in [0.05, 0.1) is 19.9 Å². The Morgan fingerprint density at radius 3 is 2.73 bits per heavy atom. The van der Waals surface area contributed by atoms with E-state index >= 15 is 0 Å². The van der Waals surface area contributed by atoms with E-state index in [0.29, 0.717) is 5.76 Å². The quantitative estimate of drug-likeness (QED) is 0.755. The lowest BCUT2D eigenvalue weighted by Crippen LogP contribution is -2.32. The van der Waals surface area contributed by atoms with Crippen LogP contribution in [0.4, 0.5) is 0 Å². The molecule has 1 fully saturated rings. The average molecular weight is 325 g/mol. The monoisotopic (exact) mass is 325 g/mol. The van der Waals surface area contributed by atoms with Crippen molar-refractivity contribution in [2.75, 3.05) is 7.11 Å². The van der Waals surface area contributed by atoms with Gasteiger partial charge in [0.1, 0.15) is 5.76 Å². The minimum atomic E-state index is -3.84. The normalized spacial score (nSPS) is 15.2. The van der Waals surface area contributed by atoms with Gasteiger partial charge >= 0.3 is 5.97 Å². The molecule has 1 aliphatic rings. The summed E-state index contributed by atoms with van der Waals surface area (Å²) in [6.07, 6.45) is 3.09. The fourth-order valence-electron chi connectivity index (χ4n) is 2.11. The fraction of sp³-hybridized carbons (Fsp3) is 0.357. The molecule has 8 heteroatoms. The SMILES string of the molecule is COC(=O)c1ccc(S(=O)(=O)N(Cc2ccco2)C2CC2)o1. The molecule has 0 saturated heterocycles. The van der Waals surface area contributed by atoms with Crippen molar-refractivity contribution < 1.29 is 26.8 Å². The Balaban J connectivity index is 1.88. The molecule has 0 aliphatic heterocycles. The van der Waals surface area contributed by atoms with Gasteiger partial charge in [-0.1, -0.05) is 0 Å². The molecule has 2 aromatic rings. The van der Waals surface area contributed by atoms with Gasteiger partial charge in [0, 0.05) is 6.04 Å². The van der Waals surface area contributed by atoms with E-state index in [-0.39, 0.29) is 23.4 Å². The highest BCUT2D eigenvalue weighted by molar-refractivity contribution is 7.89. The summed E-state index contributed by atoms with van der Waals surface area (Å²) in [5, 5.41) is -0.272. The summed E-state index contributed by atoms with van der Waals surface area (Å²) < 4.78 is 41.6. The van der Waals surface area contributed by atoms with E-state index in [2.05, 4.69) is 4.74 Å². The van der Waals surface area contributed by atoms with E-state index < -0.39 is 16.0 Å². The maximum atomic E-state index is 12.7. The molecular weight excluding hydrogens is 310 g/mol. The molecule has 0 spiro atoms. The van der Waals surface area contributed by atoms with Crippen molar-refractivity contribution >= 4 is 16.0 Å². The minimum Gasteiger partial charge on any atom is -0.468 e. The molecule has 0 atom stereocenters. The smallest absolute Gasteiger partial charge is 0.374 e. The van der Waals surface area contributed by atoms with Crippen molar-refractivity contribution in [1.29, 1.82) is 0 Å². The van der Waals surface area contributed by atoms with Crippen molar-refractivity contribution in [3.8, 4) is 0 Å². The maximum absolute atomic E-state index is 12.7. The number of carbonyl (C=O) groups is 1. The molecule has 22 heavy (non-hydrogen) atoms. The van der Waals surface area contributed by atoms with Crippen LogP contribution in [0.1, 0.15) is 29.2 Å². The average Bonchev–Trinajstić information content (AvgIpc) is 3.02. The summed E-state index contributed by atoms with van der Waals surface area (Å²) in [5.74, 6) is -0.310. The lowest BCUT2D eigenvalue weighted by molar-refractivity contribution is 0.0558. The van der Waals surface area contributed by atoms with Gasteiger partial charge in [-0.25, -0.2) is 13.2 Å². The van der Waals surface area contributed by atoms with Crippen molar-refractivity contribution in [3.63, 3.8) is 0 Å². The molecule has 0 unspecified atom stereocenters. The van der Waals surface area contributed by atoms with Gasteiger partial charge < -0.3 is 13.6 Å². The van der Waals surface area contributed by atoms with Crippen LogP contribution in [0.3, 0.4) is 0 Å². The van der Waals surface area contributed by atoms with Crippen molar-refractivity contribution in [2.24, 2.45) is 0 Å². The fourth-order valence-corrected chi connectivity index (χ4v) is 3.68. The summed E-state index contributed by atoms with van der Waals surface area (Å²) in [5.41, 5.74) is 0. The molecule has 2 heterocycles. The molecular formula is C14H15NO6S. The Morgan fingerprint density at radius 2 is 2.14 bits per heavy atom. The highest BCUT2D eigenvalue weighted by Gasteiger charge is 2.40. The minimum absolute atomic E-state index is 0.0678. The molecule has 0 N–H and O–H groups in total. The highest BCUT2D eigenvalue weighted by atomic mass is 32.2. The topological polar surface area (TPSA) is 90.0 Å². The first-order valence-corrected chi connectivity index (χ1v) is 8.19. The van der Waals surface area contributed by atoms with Crippen molar-refractivity contribution in [1.82, 2.24) is 4.31 Å². The zero-order valence-electron chi connectivity index (χ0n) is 11.9. The molecule has 118 valence electrons. The van der Waals surface area contributed by atoms with E-state index in [1.165, 1.54) is 29.8 Å². The van der Waals surface area contributed by atoms with Crippen LogP contribution < -0.4 is 0 Å². The summed E-state index contributed by atoms with van der Waals surface area (Å²) >= 11 is 0. The first kappa shape index (κ1) is 14.9. The lowest BCUT2D eigenvalue weighted by Gasteiger charge is -2.19. The molecule has 0 aromatic carbocycles.